The van der Waals surface area contributed by atoms with Crippen molar-refractivity contribution in [2.45, 2.75) is 110 Å². The molecule has 0 saturated carbocycles. The third kappa shape index (κ3) is 29.1. The molecule has 3 nitrogen and oxygen atoms in total. The number of aliphatic carboxylic acids is 1. The van der Waals surface area contributed by atoms with Crippen molar-refractivity contribution >= 4 is 5.97 Å². The number of hydrogen-bond acceptors (Lipinski definition) is 2. The minimum atomic E-state index is -0.745. The number of rotatable bonds is 17. The van der Waals surface area contributed by atoms with Crippen LogP contribution in [0.4, 0.5) is 0 Å². The molecule has 24 heavy (non-hydrogen) atoms. The van der Waals surface area contributed by atoms with Gasteiger partial charge in [-0.25, -0.2) is 0 Å². The van der Waals surface area contributed by atoms with Gasteiger partial charge in [0, 0.05) is 6.42 Å². The first-order valence-corrected chi connectivity index (χ1v) is 10.1. The van der Waals surface area contributed by atoms with E-state index in [-0.39, 0.29) is 6.42 Å². The lowest BCUT2D eigenvalue weighted by Gasteiger charge is -2.03. The van der Waals surface area contributed by atoms with Gasteiger partial charge in [0.2, 0.25) is 0 Å². The van der Waals surface area contributed by atoms with Gasteiger partial charge in [0.15, 0.2) is 0 Å². The van der Waals surface area contributed by atoms with E-state index in [1.807, 2.05) is 0 Å². The first-order chi connectivity index (χ1) is 11.7. The van der Waals surface area contributed by atoms with E-state index < -0.39 is 5.97 Å². The molecular weight excluding hydrogens is 300 g/mol. The summed E-state index contributed by atoms with van der Waals surface area (Å²) < 4.78 is 5.10. The fraction of sp³-hybridized carbons (Fsp3) is 0.857. The van der Waals surface area contributed by atoms with E-state index in [4.69, 9.17) is 9.84 Å². The molecule has 0 aromatic rings. The van der Waals surface area contributed by atoms with Crippen LogP contribution in [0.2, 0.25) is 0 Å². The second kappa shape index (κ2) is 24.3. The molecular formula is C21H42O3. The van der Waals surface area contributed by atoms with Crippen molar-refractivity contribution in [3.05, 3.63) is 12.8 Å². The predicted octanol–water partition coefficient (Wildman–Crippen LogP) is 7.11. The summed E-state index contributed by atoms with van der Waals surface area (Å²) in [6.07, 6.45) is 21.4. The molecule has 0 aromatic heterocycles. The maximum Gasteiger partial charge on any atom is 0.303 e. The molecule has 0 aromatic carbocycles. The molecule has 0 radical (unpaired) electrons. The molecule has 0 heterocycles. The third-order valence-corrected chi connectivity index (χ3v) is 4.04. The topological polar surface area (TPSA) is 46.5 Å². The summed E-state index contributed by atoms with van der Waals surface area (Å²) in [5.74, 6) is -0.745. The second-order valence-corrected chi connectivity index (χ2v) is 6.38. The molecule has 1 N–H and O–H groups in total. The van der Waals surface area contributed by atoms with Gasteiger partial charge >= 0.3 is 5.97 Å². The third-order valence-electron chi connectivity index (χ3n) is 4.04. The summed E-state index contributed by atoms with van der Waals surface area (Å²) in [5.41, 5.74) is 0. The predicted molar refractivity (Wildman–Crippen MR) is 104 cm³/mol. The van der Waals surface area contributed by atoms with Gasteiger partial charge in [-0.2, -0.15) is 0 Å². The Hall–Kier alpha value is -0.990. The van der Waals surface area contributed by atoms with Crippen LogP contribution in [0.5, 0.6) is 0 Å². The van der Waals surface area contributed by atoms with E-state index in [1.165, 1.54) is 89.9 Å². The van der Waals surface area contributed by atoms with E-state index in [2.05, 4.69) is 13.5 Å². The average Bonchev–Trinajstić information content (AvgIpc) is 2.59. The van der Waals surface area contributed by atoms with Gasteiger partial charge in [-0.15, -0.1) is 0 Å². The molecule has 0 fully saturated rings. The molecule has 0 spiro atoms. The number of carboxylic acids is 1. The quantitative estimate of drug-likeness (QED) is 0.226. The minimum Gasteiger partial charge on any atom is -0.502 e. The van der Waals surface area contributed by atoms with Crippen molar-refractivity contribution in [2.24, 2.45) is 0 Å². The highest BCUT2D eigenvalue weighted by Gasteiger charge is 1.93. The first kappa shape index (κ1) is 25.3. The zero-order chi connectivity index (χ0) is 18.3. The first-order valence-electron chi connectivity index (χ1n) is 10.1. The molecule has 3 heteroatoms. The lowest BCUT2D eigenvalue weighted by molar-refractivity contribution is -0.136. The van der Waals surface area contributed by atoms with Gasteiger partial charge in [0.1, 0.15) is 0 Å². The van der Waals surface area contributed by atoms with Crippen molar-refractivity contribution < 1.29 is 14.6 Å². The zero-order valence-electron chi connectivity index (χ0n) is 16.4. The Morgan fingerprint density at radius 3 is 1.42 bits per heavy atom. The van der Waals surface area contributed by atoms with Gasteiger partial charge in [-0.05, 0) is 6.42 Å². The molecule has 144 valence electrons. The molecule has 0 rings (SSSR count). The Kier molecular flexibility index (Phi) is 25.5. The second-order valence-electron chi connectivity index (χ2n) is 6.38. The van der Waals surface area contributed by atoms with E-state index in [0.29, 0.717) is 0 Å². The SMILES string of the molecule is C=COCCCCCCCCCCCCCCCC.CCC(=O)O. The van der Waals surface area contributed by atoms with Gasteiger partial charge in [0.05, 0.1) is 12.9 Å². The Morgan fingerprint density at radius 1 is 0.792 bits per heavy atom. The molecule has 0 saturated heterocycles. The molecule has 0 amide bonds. The summed E-state index contributed by atoms with van der Waals surface area (Å²) >= 11 is 0. The normalized spacial score (nSPS) is 9.92. The highest BCUT2D eigenvalue weighted by Crippen LogP contribution is 2.12. The standard InChI is InChI=1S/C18H36O.C3H6O2/c1-3-5-6-7-8-9-10-11-12-13-14-15-16-17-18-19-4-2;1-2-3(4)5/h4H,2-3,5-18H2,1H3;2H2,1H3,(H,4,5). The lowest BCUT2D eigenvalue weighted by atomic mass is 10.0. The number of carbonyl (C=O) groups is 1. The molecule has 0 aliphatic carbocycles. The number of ether oxygens (including phenoxy) is 1. The van der Waals surface area contributed by atoms with Crippen LogP contribution in [0.15, 0.2) is 12.8 Å². The van der Waals surface area contributed by atoms with Crippen molar-refractivity contribution in [1.82, 2.24) is 0 Å². The van der Waals surface area contributed by atoms with Gasteiger partial charge in [0.25, 0.3) is 0 Å². The Bertz CT molecular complexity index is 251. The Labute approximate surface area is 150 Å². The van der Waals surface area contributed by atoms with Crippen LogP contribution >= 0.6 is 0 Å². The zero-order valence-corrected chi connectivity index (χ0v) is 16.4. The summed E-state index contributed by atoms with van der Waals surface area (Å²) in [6.45, 7) is 8.27. The summed E-state index contributed by atoms with van der Waals surface area (Å²) in [7, 11) is 0. The van der Waals surface area contributed by atoms with Crippen LogP contribution < -0.4 is 0 Å². The Morgan fingerprint density at radius 2 is 1.12 bits per heavy atom. The minimum absolute atomic E-state index is 0.222. The molecule has 0 bridgehead atoms. The van der Waals surface area contributed by atoms with Crippen LogP contribution in [-0.2, 0) is 9.53 Å². The van der Waals surface area contributed by atoms with Crippen molar-refractivity contribution in [3.8, 4) is 0 Å². The van der Waals surface area contributed by atoms with Crippen molar-refractivity contribution in [2.75, 3.05) is 6.61 Å². The van der Waals surface area contributed by atoms with E-state index >= 15 is 0 Å². The van der Waals surface area contributed by atoms with Crippen LogP contribution in [0.25, 0.3) is 0 Å². The highest BCUT2D eigenvalue weighted by molar-refractivity contribution is 5.66. The smallest absolute Gasteiger partial charge is 0.303 e. The molecule has 0 atom stereocenters. The highest BCUT2D eigenvalue weighted by atomic mass is 16.5. The molecule has 0 aliphatic heterocycles. The van der Waals surface area contributed by atoms with Crippen molar-refractivity contribution in [1.29, 1.82) is 0 Å². The van der Waals surface area contributed by atoms with Gasteiger partial charge in [-0.1, -0.05) is 104 Å². The monoisotopic (exact) mass is 342 g/mol. The van der Waals surface area contributed by atoms with Crippen LogP contribution in [0.3, 0.4) is 0 Å². The summed E-state index contributed by atoms with van der Waals surface area (Å²) in [6, 6.07) is 0. The number of unbranched alkanes of at least 4 members (excludes halogenated alkanes) is 13. The number of hydrogen-bond donors (Lipinski definition) is 1. The maximum atomic E-state index is 9.37. The van der Waals surface area contributed by atoms with Gasteiger partial charge in [-0.3, -0.25) is 4.79 Å². The van der Waals surface area contributed by atoms with E-state index in [9.17, 15) is 4.79 Å². The maximum absolute atomic E-state index is 9.37. The summed E-state index contributed by atoms with van der Waals surface area (Å²) in [4.78, 5) is 9.37. The summed E-state index contributed by atoms with van der Waals surface area (Å²) in [5, 5.41) is 7.72. The largest absolute Gasteiger partial charge is 0.502 e. The average molecular weight is 343 g/mol. The van der Waals surface area contributed by atoms with Crippen LogP contribution in [0, 0.1) is 0 Å². The van der Waals surface area contributed by atoms with E-state index in [0.717, 1.165) is 6.61 Å². The van der Waals surface area contributed by atoms with E-state index in [1.54, 1.807) is 13.2 Å². The fourth-order valence-corrected chi connectivity index (χ4v) is 2.46. The molecule has 0 unspecified atom stereocenters. The number of carboxylic acid groups (broad SMARTS) is 1. The van der Waals surface area contributed by atoms with Crippen molar-refractivity contribution in [3.63, 3.8) is 0 Å². The van der Waals surface area contributed by atoms with Crippen LogP contribution in [-0.4, -0.2) is 17.7 Å². The fourth-order valence-electron chi connectivity index (χ4n) is 2.46. The Balaban J connectivity index is 0. The van der Waals surface area contributed by atoms with Gasteiger partial charge < -0.3 is 9.84 Å². The van der Waals surface area contributed by atoms with Crippen LogP contribution in [0.1, 0.15) is 110 Å². The molecule has 0 aliphatic rings. The lowest BCUT2D eigenvalue weighted by Crippen LogP contribution is -1.87.